The van der Waals surface area contributed by atoms with E-state index < -0.39 is 0 Å². The first-order chi connectivity index (χ1) is 14.7. The predicted octanol–water partition coefficient (Wildman–Crippen LogP) is 3.98. The Morgan fingerprint density at radius 2 is 2.00 bits per heavy atom. The molecule has 0 aliphatic carbocycles. The number of aromatic nitrogens is 2. The van der Waals surface area contributed by atoms with E-state index >= 15 is 0 Å². The molecule has 0 bridgehead atoms. The summed E-state index contributed by atoms with van der Waals surface area (Å²) in [6.07, 6.45) is 7.89. The van der Waals surface area contributed by atoms with E-state index in [1.807, 2.05) is 12.1 Å². The molecule has 0 saturated carbocycles. The van der Waals surface area contributed by atoms with Crippen molar-refractivity contribution in [1.29, 1.82) is 0 Å². The highest BCUT2D eigenvalue weighted by molar-refractivity contribution is 7.07. The molecule has 2 N–H and O–H groups in total. The molecule has 1 aromatic carbocycles. The third-order valence-corrected chi connectivity index (χ3v) is 6.16. The van der Waals surface area contributed by atoms with Crippen LogP contribution in [0.25, 0.3) is 0 Å². The normalized spacial score (nSPS) is 15.7. The summed E-state index contributed by atoms with van der Waals surface area (Å²) in [5.41, 5.74) is 3.68. The van der Waals surface area contributed by atoms with Crippen molar-refractivity contribution in [3.63, 3.8) is 0 Å². The molecule has 7 heteroatoms. The van der Waals surface area contributed by atoms with Crippen molar-refractivity contribution in [2.75, 3.05) is 23.3 Å². The van der Waals surface area contributed by atoms with Gasteiger partial charge in [-0.1, -0.05) is 0 Å². The van der Waals surface area contributed by atoms with Crippen molar-refractivity contribution >= 4 is 28.6 Å². The van der Waals surface area contributed by atoms with E-state index in [0.717, 1.165) is 38.0 Å². The smallest absolute Gasteiger partial charge is 0.275 e. The zero-order valence-electron chi connectivity index (χ0n) is 17.1. The lowest BCUT2D eigenvalue weighted by molar-refractivity contribution is 0.102. The highest BCUT2D eigenvalue weighted by Crippen LogP contribution is 2.23. The molecule has 1 saturated heterocycles. The lowest BCUT2D eigenvalue weighted by Gasteiger charge is -2.35. The minimum Gasteiger partial charge on any atom is -0.371 e. The average molecular weight is 422 g/mol. The Bertz CT molecular complexity index is 922. The van der Waals surface area contributed by atoms with Crippen molar-refractivity contribution in [2.24, 2.45) is 0 Å². The summed E-state index contributed by atoms with van der Waals surface area (Å²) in [6.45, 7) is 4.35. The van der Waals surface area contributed by atoms with Crippen molar-refractivity contribution in [2.45, 2.75) is 38.3 Å². The molecule has 1 aliphatic heterocycles. The van der Waals surface area contributed by atoms with Crippen LogP contribution < -0.4 is 15.5 Å². The number of carbonyl (C=O) groups excluding carboxylic acids is 1. The van der Waals surface area contributed by atoms with Crippen LogP contribution in [0.2, 0.25) is 0 Å². The topological polar surface area (TPSA) is 70.2 Å². The van der Waals surface area contributed by atoms with E-state index in [4.69, 9.17) is 0 Å². The molecule has 3 aromatic rings. The third kappa shape index (κ3) is 5.43. The average Bonchev–Trinajstić information content (AvgIpc) is 3.28. The number of nitrogens with zero attached hydrogens (tertiary/aromatic N) is 3. The minimum atomic E-state index is -0.251. The molecule has 3 heterocycles. The summed E-state index contributed by atoms with van der Waals surface area (Å²) in [5, 5.41) is 11.0. The molecule has 0 radical (unpaired) electrons. The number of anilines is 2. The fourth-order valence-corrected chi connectivity index (χ4v) is 4.58. The largest absolute Gasteiger partial charge is 0.371 e. The fraction of sp³-hybridized carbons (Fsp3) is 0.348. The van der Waals surface area contributed by atoms with Gasteiger partial charge in [0.05, 0.1) is 6.20 Å². The summed E-state index contributed by atoms with van der Waals surface area (Å²) < 4.78 is 0. The van der Waals surface area contributed by atoms with Crippen LogP contribution in [0.4, 0.5) is 11.4 Å². The zero-order valence-corrected chi connectivity index (χ0v) is 17.9. The summed E-state index contributed by atoms with van der Waals surface area (Å²) >= 11 is 1.76. The molecular weight excluding hydrogens is 394 g/mol. The summed E-state index contributed by atoms with van der Waals surface area (Å²) in [4.78, 5) is 22.6. The van der Waals surface area contributed by atoms with Crippen LogP contribution in [0.1, 0.15) is 35.8 Å². The second kappa shape index (κ2) is 9.82. The van der Waals surface area contributed by atoms with Crippen molar-refractivity contribution < 1.29 is 4.79 Å². The van der Waals surface area contributed by atoms with Crippen LogP contribution in [0.15, 0.2) is 59.7 Å². The van der Waals surface area contributed by atoms with Crippen LogP contribution >= 0.6 is 11.3 Å². The van der Waals surface area contributed by atoms with Crippen LogP contribution in [-0.2, 0) is 6.42 Å². The highest BCUT2D eigenvalue weighted by atomic mass is 32.1. The maximum atomic E-state index is 12.2. The number of thiophene rings is 1. The minimum absolute atomic E-state index is 0.251. The van der Waals surface area contributed by atoms with Gasteiger partial charge in [0.1, 0.15) is 5.69 Å². The lowest BCUT2D eigenvalue weighted by Crippen LogP contribution is -2.46. The van der Waals surface area contributed by atoms with Gasteiger partial charge < -0.3 is 15.5 Å². The second-order valence-electron chi connectivity index (χ2n) is 7.76. The van der Waals surface area contributed by atoms with Crippen LogP contribution in [0, 0.1) is 0 Å². The number of amides is 1. The summed E-state index contributed by atoms with van der Waals surface area (Å²) in [7, 11) is 0. The molecule has 2 aromatic heterocycles. The Kier molecular flexibility index (Phi) is 6.71. The van der Waals surface area contributed by atoms with Crippen molar-refractivity contribution in [3.05, 3.63) is 70.9 Å². The van der Waals surface area contributed by atoms with E-state index in [2.05, 4.69) is 61.4 Å². The van der Waals surface area contributed by atoms with Gasteiger partial charge in [0.2, 0.25) is 0 Å². The molecule has 1 aliphatic rings. The summed E-state index contributed by atoms with van der Waals surface area (Å²) in [5.74, 6) is -0.251. The van der Waals surface area contributed by atoms with Gasteiger partial charge in [-0.15, -0.1) is 0 Å². The molecular formula is C23H27N5OS. The van der Waals surface area contributed by atoms with Gasteiger partial charge in [0.25, 0.3) is 5.91 Å². The van der Waals surface area contributed by atoms with Gasteiger partial charge in [-0.05, 0) is 72.8 Å². The first-order valence-electron chi connectivity index (χ1n) is 10.4. The highest BCUT2D eigenvalue weighted by Gasteiger charge is 2.21. The fourth-order valence-electron chi connectivity index (χ4n) is 3.90. The van der Waals surface area contributed by atoms with E-state index in [-0.39, 0.29) is 5.91 Å². The number of nitrogens with one attached hydrogen (secondary N) is 2. The van der Waals surface area contributed by atoms with Crippen LogP contribution in [-0.4, -0.2) is 41.0 Å². The number of rotatable bonds is 7. The maximum Gasteiger partial charge on any atom is 0.275 e. The Balaban J connectivity index is 1.25. The quantitative estimate of drug-likeness (QED) is 0.604. The van der Waals surface area contributed by atoms with Gasteiger partial charge in [-0.25, -0.2) is 4.98 Å². The molecule has 4 rings (SSSR count). The van der Waals surface area contributed by atoms with E-state index in [9.17, 15) is 4.79 Å². The van der Waals surface area contributed by atoms with Crippen molar-refractivity contribution in [1.82, 2.24) is 15.3 Å². The molecule has 0 unspecified atom stereocenters. The van der Waals surface area contributed by atoms with Gasteiger partial charge in [-0.3, -0.25) is 9.78 Å². The molecule has 6 nitrogen and oxygen atoms in total. The number of piperidine rings is 1. The third-order valence-electron chi connectivity index (χ3n) is 5.42. The van der Waals surface area contributed by atoms with E-state index in [1.165, 1.54) is 23.6 Å². The molecule has 0 spiro atoms. The van der Waals surface area contributed by atoms with Gasteiger partial charge in [0.15, 0.2) is 0 Å². The Labute approximate surface area is 181 Å². The number of carbonyl (C=O) groups is 1. The second-order valence-corrected chi connectivity index (χ2v) is 8.54. The van der Waals surface area contributed by atoms with Crippen LogP contribution in [0.5, 0.6) is 0 Å². The number of hydrogen-bond donors (Lipinski definition) is 2. The first kappa shape index (κ1) is 20.5. The first-order valence-corrected chi connectivity index (χ1v) is 11.3. The van der Waals surface area contributed by atoms with Gasteiger partial charge in [0, 0.05) is 48.9 Å². The molecule has 156 valence electrons. The lowest BCUT2D eigenvalue weighted by atomic mass is 10.0. The Hall–Kier alpha value is -2.77. The summed E-state index contributed by atoms with van der Waals surface area (Å²) in [6, 6.07) is 11.3. The van der Waals surface area contributed by atoms with E-state index in [1.54, 1.807) is 17.5 Å². The predicted molar refractivity (Wildman–Crippen MR) is 122 cm³/mol. The molecule has 1 amide bonds. The number of benzene rings is 1. The molecule has 30 heavy (non-hydrogen) atoms. The number of hydrogen-bond acceptors (Lipinski definition) is 6. The van der Waals surface area contributed by atoms with Gasteiger partial charge >= 0.3 is 0 Å². The SMILES string of the molecule is C[C@H](Cc1ccsc1)NC1CCN(c2ccc(NC(=O)c3cnccn3)cc2)CC1. The van der Waals surface area contributed by atoms with Crippen LogP contribution in [0.3, 0.4) is 0 Å². The molecule has 1 atom stereocenters. The van der Waals surface area contributed by atoms with Crippen molar-refractivity contribution in [3.8, 4) is 0 Å². The zero-order chi connectivity index (χ0) is 20.8. The standard InChI is InChI=1S/C23H27N5OS/c1-17(14-18-8-13-30-16-18)26-20-6-11-28(12-7-20)21-4-2-19(3-5-21)27-23(29)22-15-24-9-10-25-22/h2-5,8-10,13,15-17,20,26H,6-7,11-12,14H2,1H3,(H,27,29)/t17-/m1/s1. The Morgan fingerprint density at radius 1 is 1.20 bits per heavy atom. The monoisotopic (exact) mass is 421 g/mol. The Morgan fingerprint density at radius 3 is 2.67 bits per heavy atom. The van der Waals surface area contributed by atoms with Gasteiger partial charge in [-0.2, -0.15) is 11.3 Å². The van der Waals surface area contributed by atoms with E-state index in [0.29, 0.717) is 17.8 Å². The molecule has 1 fully saturated rings. The maximum absolute atomic E-state index is 12.2.